The first-order chi connectivity index (χ1) is 10.7. The molecule has 0 saturated carbocycles. The molecular formula is C19H14BBrO. The molecule has 0 saturated heterocycles. The van der Waals surface area contributed by atoms with Gasteiger partial charge >= 0.3 is 0 Å². The molecule has 0 bridgehead atoms. The molecule has 0 aliphatic rings. The molecular weight excluding hydrogens is 335 g/mol. The highest BCUT2D eigenvalue weighted by Crippen LogP contribution is 2.28. The van der Waals surface area contributed by atoms with Crippen LogP contribution in [0.15, 0.2) is 71.2 Å². The Balaban J connectivity index is 1.95. The van der Waals surface area contributed by atoms with E-state index < -0.39 is 0 Å². The van der Waals surface area contributed by atoms with Crippen LogP contribution >= 0.6 is 15.9 Å². The minimum atomic E-state index is 0.0261. The quantitative estimate of drug-likeness (QED) is 0.400. The zero-order valence-corrected chi connectivity index (χ0v) is 13.8. The van der Waals surface area contributed by atoms with Crippen LogP contribution in [0.2, 0.25) is 0 Å². The molecule has 0 fully saturated rings. The Labute approximate surface area is 139 Å². The fourth-order valence-corrected chi connectivity index (χ4v) is 3.11. The van der Waals surface area contributed by atoms with E-state index in [4.69, 9.17) is 0 Å². The highest BCUT2D eigenvalue weighted by atomic mass is 79.9. The first-order valence-corrected chi connectivity index (χ1v) is 7.91. The van der Waals surface area contributed by atoms with Crippen LogP contribution in [0.25, 0.3) is 16.8 Å². The maximum Gasteiger partial charge on any atom is 0.185 e. The lowest BCUT2D eigenvalue weighted by Gasteiger charge is -2.05. The maximum atomic E-state index is 12.3. The minimum absolute atomic E-state index is 0.0261. The summed E-state index contributed by atoms with van der Waals surface area (Å²) in [5.74, 6) is 0.0261. The highest BCUT2D eigenvalue weighted by Gasteiger charge is 2.06. The number of hydrogen-bond acceptors (Lipinski definition) is 1. The van der Waals surface area contributed by atoms with Crippen molar-refractivity contribution in [3.63, 3.8) is 0 Å². The second-order valence-corrected chi connectivity index (χ2v) is 6.00. The first kappa shape index (κ1) is 14.8. The highest BCUT2D eigenvalue weighted by molar-refractivity contribution is 9.10. The molecule has 0 heterocycles. The van der Waals surface area contributed by atoms with Crippen LogP contribution in [0, 0.1) is 0 Å². The zero-order chi connectivity index (χ0) is 15.5. The fraction of sp³-hybridized carbons (Fsp3) is 0. The summed E-state index contributed by atoms with van der Waals surface area (Å²) < 4.78 is 1.01. The zero-order valence-electron chi connectivity index (χ0n) is 12.2. The monoisotopic (exact) mass is 348 g/mol. The summed E-state index contributed by atoms with van der Waals surface area (Å²) in [7, 11) is 1.95. The van der Waals surface area contributed by atoms with E-state index in [2.05, 4.69) is 34.1 Å². The van der Waals surface area contributed by atoms with Gasteiger partial charge in [-0.25, -0.2) is 0 Å². The smallest absolute Gasteiger partial charge is 0.185 e. The molecule has 0 aromatic heterocycles. The Morgan fingerprint density at radius 3 is 2.50 bits per heavy atom. The summed E-state index contributed by atoms with van der Waals surface area (Å²) in [5, 5.41) is 2.32. The Morgan fingerprint density at radius 2 is 1.68 bits per heavy atom. The van der Waals surface area contributed by atoms with Crippen LogP contribution in [0.4, 0.5) is 0 Å². The molecule has 0 aliphatic carbocycles. The fourth-order valence-electron chi connectivity index (χ4n) is 2.48. The summed E-state index contributed by atoms with van der Waals surface area (Å²) in [5.41, 5.74) is 2.74. The largest absolute Gasteiger partial charge is 0.289 e. The van der Waals surface area contributed by atoms with Crippen molar-refractivity contribution < 1.29 is 4.79 Å². The van der Waals surface area contributed by atoms with Crippen molar-refractivity contribution in [2.75, 3.05) is 0 Å². The maximum absolute atomic E-state index is 12.3. The molecule has 3 rings (SSSR count). The van der Waals surface area contributed by atoms with Gasteiger partial charge in [0.2, 0.25) is 0 Å². The Hall–Kier alpha value is -2.13. The van der Waals surface area contributed by atoms with E-state index in [9.17, 15) is 4.79 Å². The molecule has 3 aromatic rings. The second-order valence-electron chi connectivity index (χ2n) is 5.20. The van der Waals surface area contributed by atoms with Crippen molar-refractivity contribution in [1.82, 2.24) is 0 Å². The molecule has 0 aliphatic heterocycles. The average Bonchev–Trinajstić information content (AvgIpc) is 2.55. The van der Waals surface area contributed by atoms with E-state index in [1.165, 1.54) is 5.39 Å². The Bertz CT molecular complexity index is 883. The average molecular weight is 349 g/mol. The van der Waals surface area contributed by atoms with Crippen LogP contribution in [0.5, 0.6) is 0 Å². The van der Waals surface area contributed by atoms with Crippen molar-refractivity contribution in [3.8, 4) is 0 Å². The molecule has 3 heteroatoms. The number of allylic oxidation sites excluding steroid dienone is 1. The van der Waals surface area contributed by atoms with Gasteiger partial charge in [0.1, 0.15) is 7.85 Å². The van der Waals surface area contributed by atoms with E-state index in [-0.39, 0.29) is 5.78 Å². The third-order valence-corrected chi connectivity index (χ3v) is 4.60. The molecule has 0 amide bonds. The van der Waals surface area contributed by atoms with E-state index >= 15 is 0 Å². The predicted molar refractivity (Wildman–Crippen MR) is 99.6 cm³/mol. The summed E-state index contributed by atoms with van der Waals surface area (Å²) >= 11 is 3.64. The first-order valence-electron chi connectivity index (χ1n) is 7.12. The molecule has 0 radical (unpaired) electrons. The topological polar surface area (TPSA) is 17.1 Å². The van der Waals surface area contributed by atoms with Gasteiger partial charge < -0.3 is 0 Å². The van der Waals surface area contributed by atoms with E-state index in [1.54, 1.807) is 6.08 Å². The second kappa shape index (κ2) is 6.33. The van der Waals surface area contributed by atoms with E-state index in [1.807, 2.05) is 56.4 Å². The number of halogens is 1. The van der Waals surface area contributed by atoms with Gasteiger partial charge in [0, 0.05) is 10.0 Å². The number of carbonyl (C=O) groups excluding carboxylic acids is 1. The summed E-state index contributed by atoms with van der Waals surface area (Å²) in [6.45, 7) is 0. The van der Waals surface area contributed by atoms with Crippen LogP contribution < -0.4 is 5.46 Å². The molecule has 0 N–H and O–H groups in total. The van der Waals surface area contributed by atoms with Gasteiger partial charge in [-0.3, -0.25) is 4.79 Å². The van der Waals surface area contributed by atoms with Gasteiger partial charge in [-0.05, 0) is 44.4 Å². The normalized spacial score (nSPS) is 11.1. The molecule has 0 spiro atoms. The van der Waals surface area contributed by atoms with E-state index in [0.717, 1.165) is 26.4 Å². The van der Waals surface area contributed by atoms with Crippen molar-refractivity contribution in [1.29, 1.82) is 0 Å². The van der Waals surface area contributed by atoms with Gasteiger partial charge in [-0.1, -0.05) is 66.1 Å². The lowest BCUT2D eigenvalue weighted by Crippen LogP contribution is -2.13. The van der Waals surface area contributed by atoms with Crippen LogP contribution in [0.1, 0.15) is 15.9 Å². The van der Waals surface area contributed by atoms with Crippen molar-refractivity contribution in [2.24, 2.45) is 0 Å². The van der Waals surface area contributed by atoms with Gasteiger partial charge in [-0.2, -0.15) is 0 Å². The summed E-state index contributed by atoms with van der Waals surface area (Å²) in [4.78, 5) is 12.3. The molecule has 22 heavy (non-hydrogen) atoms. The van der Waals surface area contributed by atoms with Crippen LogP contribution in [0.3, 0.4) is 0 Å². The number of carbonyl (C=O) groups is 1. The SMILES string of the molecule is Bc1ccccc1C(=O)/C=C/c1ccc2ccccc2c1Br. The lowest BCUT2D eigenvalue weighted by molar-refractivity contribution is 0.104. The Kier molecular flexibility index (Phi) is 4.26. The number of rotatable bonds is 3. The standard InChI is InChI=1S/C19H14BBrO/c20-17-8-4-3-7-16(17)18(22)12-11-14-10-9-13-5-1-2-6-15(13)19(14)21/h1-12H,20H2/b12-11+. The molecule has 3 aromatic carbocycles. The van der Waals surface area contributed by atoms with Crippen molar-refractivity contribution in [3.05, 3.63) is 82.3 Å². The molecule has 1 nitrogen and oxygen atoms in total. The molecule has 106 valence electrons. The van der Waals surface area contributed by atoms with E-state index in [0.29, 0.717) is 0 Å². The van der Waals surface area contributed by atoms with Crippen LogP contribution in [-0.4, -0.2) is 13.6 Å². The lowest BCUT2D eigenvalue weighted by atomic mass is 9.88. The van der Waals surface area contributed by atoms with Crippen LogP contribution in [-0.2, 0) is 0 Å². The predicted octanol–water partition coefficient (Wildman–Crippen LogP) is 3.76. The van der Waals surface area contributed by atoms with Gasteiger partial charge in [0.15, 0.2) is 5.78 Å². The minimum Gasteiger partial charge on any atom is -0.289 e. The number of benzene rings is 3. The van der Waals surface area contributed by atoms with Gasteiger partial charge in [0.25, 0.3) is 0 Å². The van der Waals surface area contributed by atoms with Crippen molar-refractivity contribution >= 4 is 51.9 Å². The molecule has 0 atom stereocenters. The van der Waals surface area contributed by atoms with Gasteiger partial charge in [-0.15, -0.1) is 0 Å². The van der Waals surface area contributed by atoms with Gasteiger partial charge in [0.05, 0.1) is 0 Å². The molecule has 0 unspecified atom stereocenters. The Morgan fingerprint density at radius 1 is 0.955 bits per heavy atom. The third-order valence-electron chi connectivity index (χ3n) is 3.72. The number of ketones is 1. The number of hydrogen-bond donors (Lipinski definition) is 0. The third kappa shape index (κ3) is 2.90. The van der Waals surface area contributed by atoms with Crippen molar-refractivity contribution in [2.45, 2.75) is 0 Å². The summed E-state index contributed by atoms with van der Waals surface area (Å²) in [6.07, 6.45) is 3.50. The summed E-state index contributed by atoms with van der Waals surface area (Å²) in [6, 6.07) is 19.9. The number of fused-ring (bicyclic) bond motifs is 1.